The van der Waals surface area contributed by atoms with Gasteiger partial charge in [0, 0.05) is 10.2 Å². The Hall–Kier alpha value is -0.283. The Kier molecular flexibility index (Phi) is 3.75. The molecule has 1 saturated carbocycles. The molecule has 1 nitrogen and oxygen atoms in total. The van der Waals surface area contributed by atoms with Crippen molar-refractivity contribution in [2.45, 2.75) is 37.1 Å². The number of carbonyl (C=O) groups is 1. The molecule has 0 spiro atoms. The number of hydrogen-bond donors (Lipinski definition) is 1. The quantitative estimate of drug-likeness (QED) is 0.589. The summed E-state index contributed by atoms with van der Waals surface area (Å²) < 4.78 is 0. The van der Waals surface area contributed by atoms with Gasteiger partial charge in [-0.25, -0.2) is 0 Å². The summed E-state index contributed by atoms with van der Waals surface area (Å²) in [6, 6.07) is 0. The second kappa shape index (κ2) is 4.92. The van der Waals surface area contributed by atoms with Crippen molar-refractivity contribution in [1.82, 2.24) is 0 Å². The second-order valence-electron chi connectivity index (χ2n) is 5.26. The first kappa shape index (κ1) is 12.2. The van der Waals surface area contributed by atoms with Crippen LogP contribution in [0.15, 0.2) is 24.3 Å². The molecule has 1 fully saturated rings. The van der Waals surface area contributed by atoms with Gasteiger partial charge in [0.1, 0.15) is 0 Å². The molecule has 0 aromatic rings. The highest BCUT2D eigenvalue weighted by molar-refractivity contribution is 7.96. The highest BCUT2D eigenvalue weighted by Crippen LogP contribution is 2.51. The number of carbonyl (C=O) groups excluding carboxylic acids is 1. The van der Waals surface area contributed by atoms with Crippen LogP contribution >= 0.6 is 12.6 Å². The first-order valence-electron chi connectivity index (χ1n) is 6.23. The van der Waals surface area contributed by atoms with Crippen molar-refractivity contribution in [3.8, 4) is 0 Å². The molecule has 2 rings (SSSR count). The van der Waals surface area contributed by atoms with Gasteiger partial charge in [-0.05, 0) is 23.8 Å². The van der Waals surface area contributed by atoms with Gasteiger partial charge < -0.3 is 0 Å². The van der Waals surface area contributed by atoms with Crippen molar-refractivity contribution in [2.75, 3.05) is 0 Å². The maximum absolute atomic E-state index is 11.7. The molecule has 0 saturated heterocycles. The third-order valence-electron chi connectivity index (χ3n) is 4.29. The summed E-state index contributed by atoms with van der Waals surface area (Å²) in [6.45, 7) is 0. The zero-order valence-corrected chi connectivity index (χ0v) is 12.7. The normalized spacial score (nSPS) is 35.4. The molecule has 2 aliphatic carbocycles. The van der Waals surface area contributed by atoms with Gasteiger partial charge in [0.05, 0.1) is 5.92 Å². The zero-order chi connectivity index (χ0) is 11.6. The average Bonchev–Trinajstić information content (AvgIpc) is 2.30. The lowest BCUT2D eigenvalue weighted by molar-refractivity contribution is -0.114. The highest BCUT2D eigenvalue weighted by atomic mass is 32.1. The minimum absolute atomic E-state index is 0.0237. The molecule has 2 atom stereocenters. The minimum atomic E-state index is 0.0237. The van der Waals surface area contributed by atoms with Crippen molar-refractivity contribution < 1.29 is 4.79 Å². The van der Waals surface area contributed by atoms with E-state index in [0.717, 1.165) is 10.2 Å². The molecule has 0 radical (unpaired) electrons. The molecule has 2 aliphatic rings. The van der Waals surface area contributed by atoms with E-state index < -0.39 is 0 Å². The van der Waals surface area contributed by atoms with Crippen LogP contribution in [0.25, 0.3) is 0 Å². The maximum atomic E-state index is 11.7. The van der Waals surface area contributed by atoms with E-state index in [4.69, 9.17) is 0 Å². The van der Waals surface area contributed by atoms with Crippen LogP contribution in [0, 0.1) is 11.8 Å². The van der Waals surface area contributed by atoms with Gasteiger partial charge in [0.15, 0.2) is 5.12 Å². The van der Waals surface area contributed by atoms with Crippen molar-refractivity contribution in [3.63, 3.8) is 0 Å². The fourth-order valence-corrected chi connectivity index (χ4v) is 5.04. The fourth-order valence-electron chi connectivity index (χ4n) is 3.21. The summed E-state index contributed by atoms with van der Waals surface area (Å²) in [5.41, 5.74) is 0. The van der Waals surface area contributed by atoms with E-state index >= 15 is 0 Å². The third kappa shape index (κ3) is 2.21. The minimum Gasteiger partial charge on any atom is -0.287 e. The Morgan fingerprint density at radius 2 is 1.94 bits per heavy atom. The van der Waals surface area contributed by atoms with Crippen LogP contribution in [0.5, 0.6) is 0 Å². The lowest BCUT2D eigenvalue weighted by Gasteiger charge is -2.42. The van der Waals surface area contributed by atoms with E-state index in [0.29, 0.717) is 5.92 Å². The molecule has 2 unspecified atom stereocenters. The Balaban J connectivity index is 2.22. The molecule has 0 N–H and O–H groups in total. The fraction of sp³-hybridized carbons (Fsp3) is 0.615. The zero-order valence-electron chi connectivity index (χ0n) is 9.86. The van der Waals surface area contributed by atoms with Crippen LogP contribution in [0.4, 0.5) is 0 Å². The average molecular weight is 252 g/mol. The van der Waals surface area contributed by atoms with Crippen molar-refractivity contribution in [2.24, 2.45) is 11.8 Å². The van der Waals surface area contributed by atoms with E-state index in [-0.39, 0.29) is 16.1 Å². The Labute approximate surface area is 106 Å². The summed E-state index contributed by atoms with van der Waals surface area (Å²) in [7, 11) is 1.04. The predicted octanol–water partition coefficient (Wildman–Crippen LogP) is 2.29. The van der Waals surface area contributed by atoms with Crippen LogP contribution < -0.4 is 0 Å². The molecule has 0 amide bonds. The Bertz CT molecular complexity index is 331. The van der Waals surface area contributed by atoms with Crippen molar-refractivity contribution in [3.05, 3.63) is 24.3 Å². The molecular formula is C13H20OSSi. The van der Waals surface area contributed by atoms with Gasteiger partial charge in [-0.2, -0.15) is 0 Å². The van der Waals surface area contributed by atoms with Crippen LogP contribution in [0.3, 0.4) is 0 Å². The molecule has 0 aliphatic heterocycles. The molecule has 3 heteroatoms. The van der Waals surface area contributed by atoms with Gasteiger partial charge in [0.25, 0.3) is 0 Å². The molecule has 0 aromatic heterocycles. The van der Waals surface area contributed by atoms with Crippen molar-refractivity contribution >= 4 is 28.0 Å². The van der Waals surface area contributed by atoms with E-state index in [1.807, 2.05) is 6.08 Å². The van der Waals surface area contributed by atoms with Crippen LogP contribution in [0.1, 0.15) is 32.1 Å². The standard InChI is InChI=1S/C13H20OSSi/c14-12(15)11-8-4-5-9-13(11,16)10-6-2-1-3-7-10/h4-5,8-11H,1-3,6-7H2,16H3,(H,14,15). The van der Waals surface area contributed by atoms with Crippen molar-refractivity contribution in [1.29, 1.82) is 0 Å². The number of allylic oxidation sites excluding steroid dienone is 4. The molecule has 0 aromatic carbocycles. The summed E-state index contributed by atoms with van der Waals surface area (Å²) in [5.74, 6) is 0.728. The summed E-state index contributed by atoms with van der Waals surface area (Å²) >= 11 is 4.07. The smallest absolute Gasteiger partial charge is 0.193 e. The Morgan fingerprint density at radius 3 is 2.56 bits per heavy atom. The summed E-state index contributed by atoms with van der Waals surface area (Å²) in [4.78, 5) is 11.7. The summed E-state index contributed by atoms with van der Waals surface area (Å²) in [5, 5.41) is 0.176. The van der Waals surface area contributed by atoms with Crippen LogP contribution in [-0.4, -0.2) is 15.4 Å². The molecular weight excluding hydrogens is 232 g/mol. The molecule has 16 heavy (non-hydrogen) atoms. The van der Waals surface area contributed by atoms with E-state index in [1.54, 1.807) is 0 Å². The van der Waals surface area contributed by atoms with Gasteiger partial charge in [-0.3, -0.25) is 4.79 Å². The lowest BCUT2D eigenvalue weighted by Crippen LogP contribution is -2.35. The Morgan fingerprint density at radius 1 is 1.25 bits per heavy atom. The monoisotopic (exact) mass is 252 g/mol. The van der Waals surface area contributed by atoms with Crippen LogP contribution in [-0.2, 0) is 4.79 Å². The SMILES string of the molecule is O=C(S)C1C=CC=CC1([SiH3])C1CCCCC1. The predicted molar refractivity (Wildman–Crippen MR) is 75.0 cm³/mol. The van der Waals surface area contributed by atoms with E-state index in [2.05, 4.69) is 30.9 Å². The summed E-state index contributed by atoms with van der Waals surface area (Å²) in [6.07, 6.45) is 15.1. The first-order valence-corrected chi connectivity index (χ1v) is 7.68. The van der Waals surface area contributed by atoms with E-state index in [9.17, 15) is 4.79 Å². The topological polar surface area (TPSA) is 17.1 Å². The number of rotatable bonds is 2. The highest BCUT2D eigenvalue weighted by Gasteiger charge is 2.41. The van der Waals surface area contributed by atoms with E-state index in [1.165, 1.54) is 32.1 Å². The van der Waals surface area contributed by atoms with Gasteiger partial charge in [-0.15, -0.1) is 12.6 Å². The molecule has 0 heterocycles. The van der Waals surface area contributed by atoms with Gasteiger partial charge in [0.2, 0.25) is 0 Å². The lowest BCUT2D eigenvalue weighted by atomic mass is 9.72. The van der Waals surface area contributed by atoms with Gasteiger partial charge in [-0.1, -0.05) is 43.6 Å². The number of hydrogen-bond acceptors (Lipinski definition) is 1. The second-order valence-corrected chi connectivity index (χ2v) is 7.43. The molecule has 0 bridgehead atoms. The largest absolute Gasteiger partial charge is 0.287 e. The van der Waals surface area contributed by atoms with Gasteiger partial charge >= 0.3 is 0 Å². The first-order chi connectivity index (χ1) is 7.64. The molecule has 88 valence electrons. The maximum Gasteiger partial charge on any atom is 0.193 e. The third-order valence-corrected chi connectivity index (χ3v) is 6.34. The number of thiol groups is 1. The van der Waals surface area contributed by atoms with Crippen LogP contribution in [0.2, 0.25) is 5.04 Å².